The van der Waals surface area contributed by atoms with Gasteiger partial charge in [0.15, 0.2) is 0 Å². The van der Waals surface area contributed by atoms with Gasteiger partial charge in [-0.05, 0) is 30.2 Å². The lowest BCUT2D eigenvalue weighted by molar-refractivity contribution is 0.415. The van der Waals surface area contributed by atoms with Gasteiger partial charge in [0.25, 0.3) is 5.56 Å². The average molecular weight is 280 g/mol. The first-order chi connectivity index (χ1) is 10.2. The summed E-state index contributed by atoms with van der Waals surface area (Å²) in [7, 11) is 1.61. The van der Waals surface area contributed by atoms with Gasteiger partial charge in [-0.15, -0.1) is 0 Å². The van der Waals surface area contributed by atoms with Gasteiger partial charge in [0.05, 0.1) is 18.0 Å². The van der Waals surface area contributed by atoms with Crippen LogP contribution in [-0.4, -0.2) is 17.1 Å². The van der Waals surface area contributed by atoms with Gasteiger partial charge in [-0.2, -0.15) is 4.98 Å². The third-order valence-corrected chi connectivity index (χ3v) is 3.56. The van der Waals surface area contributed by atoms with Crippen LogP contribution >= 0.6 is 0 Å². The summed E-state index contributed by atoms with van der Waals surface area (Å²) in [6.07, 6.45) is 0.806. The second-order valence-corrected chi connectivity index (χ2v) is 4.82. The first-order valence-corrected chi connectivity index (χ1v) is 6.89. The number of methoxy groups -OCH3 is 1. The normalized spacial score (nSPS) is 10.8. The number of ether oxygens (including phenoxy) is 1. The van der Waals surface area contributed by atoms with E-state index in [0.717, 1.165) is 28.8 Å². The Labute approximate surface area is 122 Å². The lowest BCUT2D eigenvalue weighted by Gasteiger charge is -2.07. The van der Waals surface area contributed by atoms with E-state index in [1.165, 1.54) is 0 Å². The van der Waals surface area contributed by atoms with Crippen LogP contribution in [0.15, 0.2) is 47.3 Å². The summed E-state index contributed by atoms with van der Waals surface area (Å²) >= 11 is 0. The van der Waals surface area contributed by atoms with Crippen molar-refractivity contribution in [2.75, 3.05) is 7.11 Å². The zero-order valence-corrected chi connectivity index (χ0v) is 12.0. The Morgan fingerprint density at radius 1 is 1.19 bits per heavy atom. The number of H-pyrrole nitrogens is 1. The van der Waals surface area contributed by atoms with E-state index < -0.39 is 0 Å². The fourth-order valence-corrected chi connectivity index (χ4v) is 2.47. The van der Waals surface area contributed by atoms with E-state index in [9.17, 15) is 4.79 Å². The van der Waals surface area contributed by atoms with E-state index in [2.05, 4.69) is 9.97 Å². The lowest BCUT2D eigenvalue weighted by atomic mass is 10.1. The number of aromatic amines is 1. The van der Waals surface area contributed by atoms with Crippen LogP contribution in [0, 0.1) is 0 Å². The summed E-state index contributed by atoms with van der Waals surface area (Å²) in [5, 5.41) is 0.673. The minimum atomic E-state index is -0.195. The van der Waals surface area contributed by atoms with E-state index in [1.54, 1.807) is 7.11 Å². The van der Waals surface area contributed by atoms with Gasteiger partial charge in [0.1, 0.15) is 11.6 Å². The molecule has 1 aromatic heterocycles. The smallest absolute Gasteiger partial charge is 0.281 e. The van der Waals surface area contributed by atoms with Crippen LogP contribution in [0.4, 0.5) is 0 Å². The van der Waals surface area contributed by atoms with Crippen molar-refractivity contribution >= 4 is 10.9 Å². The summed E-state index contributed by atoms with van der Waals surface area (Å²) in [6, 6.07) is 13.3. The fraction of sp³-hybridized carbons (Fsp3) is 0.176. The highest BCUT2D eigenvalue weighted by molar-refractivity contribution is 5.82. The van der Waals surface area contributed by atoms with Gasteiger partial charge < -0.3 is 9.72 Å². The Balaban J connectivity index is 2.23. The number of hydrogen-bond donors (Lipinski definition) is 1. The van der Waals surface area contributed by atoms with Crippen molar-refractivity contribution in [3.05, 3.63) is 58.4 Å². The molecular formula is C17H16N2O2. The second kappa shape index (κ2) is 5.40. The van der Waals surface area contributed by atoms with Crippen molar-refractivity contribution in [3.8, 4) is 17.1 Å². The highest BCUT2D eigenvalue weighted by Crippen LogP contribution is 2.22. The first-order valence-electron chi connectivity index (χ1n) is 6.89. The monoisotopic (exact) mass is 280 g/mol. The van der Waals surface area contributed by atoms with Crippen LogP contribution in [0.2, 0.25) is 0 Å². The molecule has 0 aliphatic rings. The molecule has 0 bridgehead atoms. The van der Waals surface area contributed by atoms with Crippen LogP contribution in [0.3, 0.4) is 0 Å². The van der Waals surface area contributed by atoms with Gasteiger partial charge in [0.2, 0.25) is 0 Å². The maximum atomic E-state index is 12.3. The summed E-state index contributed by atoms with van der Waals surface area (Å²) in [5.74, 6) is 1.29. The first kappa shape index (κ1) is 13.4. The molecule has 21 heavy (non-hydrogen) atoms. The van der Waals surface area contributed by atoms with Crippen LogP contribution in [0.1, 0.15) is 12.5 Å². The third kappa shape index (κ3) is 2.40. The van der Waals surface area contributed by atoms with E-state index in [1.807, 2.05) is 49.4 Å². The second-order valence-electron chi connectivity index (χ2n) is 4.82. The quantitative estimate of drug-likeness (QED) is 0.801. The Hall–Kier alpha value is -2.62. The highest BCUT2D eigenvalue weighted by atomic mass is 16.5. The van der Waals surface area contributed by atoms with Crippen molar-refractivity contribution in [2.24, 2.45) is 0 Å². The molecule has 3 rings (SSSR count). The molecule has 1 heterocycles. The molecule has 0 aliphatic heterocycles. The molecule has 0 unspecified atom stereocenters. The topological polar surface area (TPSA) is 55.0 Å². The van der Waals surface area contributed by atoms with E-state index in [0.29, 0.717) is 11.2 Å². The molecule has 0 radical (unpaired) electrons. The predicted octanol–water partition coefficient (Wildman–Crippen LogP) is 3.16. The Kier molecular flexibility index (Phi) is 3.44. The van der Waals surface area contributed by atoms with E-state index in [4.69, 9.17) is 4.74 Å². The molecule has 4 nitrogen and oxygen atoms in total. The highest BCUT2D eigenvalue weighted by Gasteiger charge is 2.09. The molecule has 0 saturated carbocycles. The number of nitrogens with zero attached hydrogens (tertiary/aromatic N) is 1. The number of nitrogens with one attached hydrogen (secondary N) is 1. The zero-order valence-electron chi connectivity index (χ0n) is 12.0. The largest absolute Gasteiger partial charge is 0.497 e. The molecule has 0 amide bonds. The fourth-order valence-electron chi connectivity index (χ4n) is 2.47. The number of aryl methyl sites for hydroxylation is 1. The number of rotatable bonds is 3. The van der Waals surface area contributed by atoms with Crippen molar-refractivity contribution in [1.29, 1.82) is 0 Å². The molecule has 2 aromatic carbocycles. The zero-order chi connectivity index (χ0) is 14.8. The number of benzene rings is 2. The molecule has 3 aromatic rings. The SMILES string of the molecule is CCc1cccc2[nH]c(-c3cccc(OC)c3)nc(=O)c12. The summed E-state index contributed by atoms with van der Waals surface area (Å²) in [4.78, 5) is 19.8. The summed E-state index contributed by atoms with van der Waals surface area (Å²) in [6.45, 7) is 2.03. The van der Waals surface area contributed by atoms with Crippen LogP contribution < -0.4 is 10.3 Å². The lowest BCUT2D eigenvalue weighted by Crippen LogP contribution is -2.11. The van der Waals surface area contributed by atoms with Gasteiger partial charge >= 0.3 is 0 Å². The molecule has 1 N–H and O–H groups in total. The van der Waals surface area contributed by atoms with Crippen LogP contribution in [-0.2, 0) is 6.42 Å². The van der Waals surface area contributed by atoms with Gasteiger partial charge in [-0.1, -0.05) is 31.2 Å². The number of fused-ring (bicyclic) bond motifs is 1. The minimum Gasteiger partial charge on any atom is -0.497 e. The van der Waals surface area contributed by atoms with Crippen molar-refractivity contribution in [2.45, 2.75) is 13.3 Å². The Morgan fingerprint density at radius 2 is 2.00 bits per heavy atom. The Morgan fingerprint density at radius 3 is 2.76 bits per heavy atom. The van der Waals surface area contributed by atoms with Crippen LogP contribution in [0.5, 0.6) is 5.75 Å². The molecule has 106 valence electrons. The molecular weight excluding hydrogens is 264 g/mol. The molecule has 0 fully saturated rings. The predicted molar refractivity (Wildman–Crippen MR) is 83.7 cm³/mol. The van der Waals surface area contributed by atoms with E-state index >= 15 is 0 Å². The molecule has 0 atom stereocenters. The van der Waals surface area contributed by atoms with Gasteiger partial charge in [-0.3, -0.25) is 4.79 Å². The Bertz CT molecular complexity index is 853. The van der Waals surface area contributed by atoms with Crippen molar-refractivity contribution in [1.82, 2.24) is 9.97 Å². The molecule has 0 aliphatic carbocycles. The van der Waals surface area contributed by atoms with E-state index in [-0.39, 0.29) is 5.56 Å². The summed E-state index contributed by atoms with van der Waals surface area (Å²) in [5.41, 5.74) is 2.46. The number of hydrogen-bond acceptors (Lipinski definition) is 3. The van der Waals surface area contributed by atoms with Crippen molar-refractivity contribution < 1.29 is 4.74 Å². The minimum absolute atomic E-state index is 0.195. The van der Waals surface area contributed by atoms with Crippen molar-refractivity contribution in [3.63, 3.8) is 0 Å². The standard InChI is InChI=1S/C17H16N2O2/c1-3-11-6-5-9-14-15(11)17(20)19-16(18-14)12-7-4-8-13(10-12)21-2/h4-10H,3H2,1-2H3,(H,18,19,20). The maximum absolute atomic E-state index is 12.3. The van der Waals surface area contributed by atoms with Crippen LogP contribution in [0.25, 0.3) is 22.3 Å². The molecule has 0 saturated heterocycles. The van der Waals surface area contributed by atoms with Gasteiger partial charge in [0, 0.05) is 5.56 Å². The molecule has 4 heteroatoms. The summed E-state index contributed by atoms with van der Waals surface area (Å²) < 4.78 is 5.21. The van der Waals surface area contributed by atoms with Gasteiger partial charge in [-0.25, -0.2) is 0 Å². The molecule has 0 spiro atoms. The maximum Gasteiger partial charge on any atom is 0.281 e. The number of aromatic nitrogens is 2. The third-order valence-electron chi connectivity index (χ3n) is 3.56. The average Bonchev–Trinajstić information content (AvgIpc) is 2.54.